The fourth-order valence-electron chi connectivity index (χ4n) is 8.81. The molecule has 5 heterocycles. The molecule has 0 saturated carbocycles. The predicted octanol–water partition coefficient (Wildman–Crippen LogP) is 14.2. The predicted molar refractivity (Wildman–Crippen MR) is 244 cm³/mol. The van der Waals surface area contributed by atoms with Crippen molar-refractivity contribution in [1.29, 1.82) is 0 Å². The number of aromatic nitrogens is 4. The van der Waals surface area contributed by atoms with Crippen molar-refractivity contribution < 1.29 is 13.3 Å². The summed E-state index contributed by atoms with van der Waals surface area (Å²) in [5.41, 5.74) is 7.99. The Hall–Kier alpha value is -8.56. The van der Waals surface area contributed by atoms with Gasteiger partial charge in [0.15, 0.2) is 5.52 Å². The Morgan fingerprint density at radius 3 is 1.49 bits per heavy atom. The molecule has 9 heteroatoms. The molecule has 0 fully saturated rings. The first-order chi connectivity index (χ1) is 30.2. The van der Waals surface area contributed by atoms with Gasteiger partial charge in [-0.25, -0.2) is 0 Å². The second-order valence-corrected chi connectivity index (χ2v) is 15.1. The average Bonchev–Trinajstić information content (AvgIpc) is 3.99. The third-order valence-corrected chi connectivity index (χ3v) is 11.6. The molecule has 8 aromatic carbocycles. The molecule has 0 saturated heterocycles. The van der Waals surface area contributed by atoms with Crippen molar-refractivity contribution in [2.45, 2.75) is 0 Å². The van der Waals surface area contributed by atoms with Crippen molar-refractivity contribution in [3.05, 3.63) is 182 Å². The van der Waals surface area contributed by atoms with Gasteiger partial charge in [-0.1, -0.05) is 109 Å². The van der Waals surface area contributed by atoms with E-state index in [2.05, 4.69) is 114 Å². The van der Waals surface area contributed by atoms with Gasteiger partial charge in [0.25, 0.3) is 11.7 Å². The molecule has 0 amide bonds. The van der Waals surface area contributed by atoms with E-state index in [0.29, 0.717) is 34.1 Å². The minimum atomic E-state index is 0.320. The van der Waals surface area contributed by atoms with E-state index in [1.165, 1.54) is 0 Å². The Balaban J connectivity index is 0.981. The molecule has 0 spiro atoms. The van der Waals surface area contributed by atoms with E-state index in [0.717, 1.165) is 88.2 Å². The number of para-hydroxylation sites is 2. The van der Waals surface area contributed by atoms with Gasteiger partial charge in [-0.05, 0) is 71.4 Å². The van der Waals surface area contributed by atoms with Crippen LogP contribution in [-0.4, -0.2) is 20.2 Å². The van der Waals surface area contributed by atoms with Crippen LogP contribution < -0.4 is 9.80 Å². The standard InChI is InChI=1S/C52H30N6O3/c1-3-15-35-31(11-1)13-9-19-42(35)57(33-23-25-39-37-17-5-7-21-44(37)59-46(39)29-33)48-28-27-41-49-51(61-50(41)53-48)54-52(56-55-49)58(43-20-10-14-32-12-2-4-16-36(32)43)34-24-26-40-38-18-6-8-22-45(38)60-47(40)30-34/h1-30H. The summed E-state index contributed by atoms with van der Waals surface area (Å²) in [6.07, 6.45) is 0. The highest BCUT2D eigenvalue weighted by molar-refractivity contribution is 6.09. The Labute approximate surface area is 346 Å². The van der Waals surface area contributed by atoms with E-state index in [1.54, 1.807) is 0 Å². The molecule has 0 radical (unpaired) electrons. The summed E-state index contributed by atoms with van der Waals surface area (Å²) >= 11 is 0. The molecule has 0 N–H and O–H groups in total. The maximum atomic E-state index is 6.56. The number of fused-ring (bicyclic) bond motifs is 11. The first kappa shape index (κ1) is 33.4. The first-order valence-electron chi connectivity index (χ1n) is 20.0. The summed E-state index contributed by atoms with van der Waals surface area (Å²) in [6, 6.07) is 61.8. The van der Waals surface area contributed by atoms with Gasteiger partial charge in [0.2, 0.25) is 5.71 Å². The molecular formula is C52H30N6O3. The highest BCUT2D eigenvalue weighted by Crippen LogP contribution is 2.43. The van der Waals surface area contributed by atoms with Crippen LogP contribution in [0.15, 0.2) is 195 Å². The summed E-state index contributed by atoms with van der Waals surface area (Å²) in [7, 11) is 0. The van der Waals surface area contributed by atoms with Gasteiger partial charge in [0, 0.05) is 44.5 Å². The number of benzene rings is 8. The number of furan rings is 3. The van der Waals surface area contributed by atoms with Gasteiger partial charge in [0.05, 0.1) is 28.1 Å². The monoisotopic (exact) mass is 786 g/mol. The lowest BCUT2D eigenvalue weighted by molar-refractivity contribution is 0.637. The number of nitrogens with zero attached hydrogens (tertiary/aromatic N) is 6. The van der Waals surface area contributed by atoms with Gasteiger partial charge in [-0.3, -0.25) is 9.80 Å². The first-order valence-corrected chi connectivity index (χ1v) is 20.0. The van der Waals surface area contributed by atoms with Crippen molar-refractivity contribution in [2.24, 2.45) is 0 Å². The molecule has 286 valence electrons. The van der Waals surface area contributed by atoms with Crippen LogP contribution in [0.25, 0.3) is 87.8 Å². The third-order valence-electron chi connectivity index (χ3n) is 11.6. The molecule has 0 atom stereocenters. The highest BCUT2D eigenvalue weighted by atomic mass is 16.4. The Bertz CT molecular complexity index is 3620. The molecule has 0 bridgehead atoms. The largest absolute Gasteiger partial charge is 0.456 e. The molecule has 5 aromatic heterocycles. The van der Waals surface area contributed by atoms with Crippen LogP contribution in [0.5, 0.6) is 0 Å². The molecule has 9 nitrogen and oxygen atoms in total. The summed E-state index contributed by atoms with van der Waals surface area (Å²) in [6.45, 7) is 0. The van der Waals surface area contributed by atoms with Crippen molar-refractivity contribution in [3.8, 4) is 0 Å². The Morgan fingerprint density at radius 1 is 0.344 bits per heavy atom. The molecule has 0 aliphatic heterocycles. The number of hydrogen-bond donors (Lipinski definition) is 0. The third kappa shape index (κ3) is 5.20. The number of hydrogen-bond acceptors (Lipinski definition) is 9. The van der Waals surface area contributed by atoms with E-state index in [-0.39, 0.29) is 0 Å². The van der Waals surface area contributed by atoms with Crippen LogP contribution in [0.4, 0.5) is 34.5 Å². The van der Waals surface area contributed by atoms with Crippen molar-refractivity contribution >= 4 is 122 Å². The van der Waals surface area contributed by atoms with Crippen molar-refractivity contribution in [3.63, 3.8) is 0 Å². The fourth-order valence-corrected chi connectivity index (χ4v) is 8.81. The van der Waals surface area contributed by atoms with Crippen molar-refractivity contribution in [2.75, 3.05) is 9.80 Å². The van der Waals surface area contributed by atoms with E-state index >= 15 is 0 Å². The zero-order valence-electron chi connectivity index (χ0n) is 32.2. The summed E-state index contributed by atoms with van der Waals surface area (Å²) in [5, 5.41) is 18.8. The number of anilines is 6. The Kier molecular flexibility index (Phi) is 7.11. The van der Waals surface area contributed by atoms with Gasteiger partial charge in [0.1, 0.15) is 28.1 Å². The fraction of sp³-hybridized carbons (Fsp3) is 0. The van der Waals surface area contributed by atoms with E-state index < -0.39 is 0 Å². The van der Waals surface area contributed by atoms with E-state index in [4.69, 9.17) is 33.4 Å². The summed E-state index contributed by atoms with van der Waals surface area (Å²) < 4.78 is 19.3. The Morgan fingerprint density at radius 2 is 0.852 bits per heavy atom. The topological polar surface area (TPSA) is 97.5 Å². The highest BCUT2D eigenvalue weighted by Gasteiger charge is 2.24. The zero-order chi connectivity index (χ0) is 40.0. The zero-order valence-corrected chi connectivity index (χ0v) is 32.2. The lowest BCUT2D eigenvalue weighted by atomic mass is 10.1. The van der Waals surface area contributed by atoms with Gasteiger partial charge < -0.3 is 13.3 Å². The van der Waals surface area contributed by atoms with Crippen molar-refractivity contribution in [1.82, 2.24) is 20.2 Å². The van der Waals surface area contributed by atoms with Crippen LogP contribution in [0.3, 0.4) is 0 Å². The molecule has 0 aliphatic carbocycles. The van der Waals surface area contributed by atoms with Crippen LogP contribution in [0.1, 0.15) is 0 Å². The maximum Gasteiger partial charge on any atom is 0.257 e. The molecule has 0 unspecified atom stereocenters. The van der Waals surface area contributed by atoms with Gasteiger partial charge in [-0.15, -0.1) is 10.2 Å². The van der Waals surface area contributed by atoms with Crippen LogP contribution in [-0.2, 0) is 0 Å². The molecule has 0 aliphatic rings. The molecule has 13 aromatic rings. The van der Waals surface area contributed by atoms with E-state index in [1.807, 2.05) is 77.7 Å². The van der Waals surface area contributed by atoms with E-state index in [9.17, 15) is 0 Å². The summed E-state index contributed by atoms with van der Waals surface area (Å²) in [4.78, 5) is 14.4. The lowest BCUT2D eigenvalue weighted by Crippen LogP contribution is -2.14. The second kappa shape index (κ2) is 13.0. The summed E-state index contributed by atoms with van der Waals surface area (Å²) in [5.74, 6) is 0.998. The van der Waals surface area contributed by atoms with Gasteiger partial charge in [-0.2, -0.15) is 9.97 Å². The van der Waals surface area contributed by atoms with Crippen LogP contribution >= 0.6 is 0 Å². The quantitative estimate of drug-likeness (QED) is 0.163. The molecular weight excluding hydrogens is 757 g/mol. The number of pyridine rings is 1. The molecule has 61 heavy (non-hydrogen) atoms. The number of rotatable bonds is 6. The minimum absolute atomic E-state index is 0.320. The molecule has 13 rings (SSSR count). The lowest BCUT2D eigenvalue weighted by Gasteiger charge is -2.25. The smallest absolute Gasteiger partial charge is 0.257 e. The minimum Gasteiger partial charge on any atom is -0.456 e. The normalized spacial score (nSPS) is 11.9. The maximum absolute atomic E-state index is 6.56. The van der Waals surface area contributed by atoms with Crippen LogP contribution in [0, 0.1) is 0 Å². The second-order valence-electron chi connectivity index (χ2n) is 15.1. The SMILES string of the molecule is c1ccc2c(N(c3ccc4c(c3)oc3ccccc34)c3ccc4c(n3)oc3nc(N(c5ccc6c(c5)oc5ccccc56)c5cccc6ccccc56)nnc34)cccc2c1. The van der Waals surface area contributed by atoms with Gasteiger partial charge >= 0.3 is 0 Å². The average molecular weight is 787 g/mol. The van der Waals surface area contributed by atoms with Crippen LogP contribution in [0.2, 0.25) is 0 Å².